The number of rotatable bonds is 2. The van der Waals surface area contributed by atoms with Crippen molar-refractivity contribution in [3.8, 4) is 11.8 Å². The van der Waals surface area contributed by atoms with E-state index in [1.165, 1.54) is 19.3 Å². The minimum atomic E-state index is -0.151. The molecule has 2 N–H and O–H groups in total. The van der Waals surface area contributed by atoms with Crippen LogP contribution in [-0.2, 0) is 4.79 Å². The Morgan fingerprint density at radius 3 is 2.85 bits per heavy atom. The first-order valence-corrected chi connectivity index (χ1v) is 7.22. The summed E-state index contributed by atoms with van der Waals surface area (Å²) in [4.78, 5) is 12.2. The number of aliphatic hydroxyl groups excluding tert-OH is 1. The highest BCUT2D eigenvalue weighted by molar-refractivity contribution is 5.95. The molecule has 3 heteroatoms. The molecule has 20 heavy (non-hydrogen) atoms. The van der Waals surface area contributed by atoms with Crippen LogP contribution in [0, 0.1) is 36.5 Å². The fraction of sp³-hybridized carbons (Fsp3) is 0.471. The normalized spacial score (nSPS) is 26.4. The van der Waals surface area contributed by atoms with Crippen molar-refractivity contribution in [2.24, 2.45) is 17.8 Å². The zero-order chi connectivity index (χ0) is 14.1. The fourth-order valence-corrected chi connectivity index (χ4v) is 3.41. The summed E-state index contributed by atoms with van der Waals surface area (Å²) < 4.78 is 0. The highest BCUT2D eigenvalue weighted by Crippen LogP contribution is 2.57. The number of amides is 1. The third-order valence-electron chi connectivity index (χ3n) is 4.52. The molecule has 2 aliphatic rings. The highest BCUT2D eigenvalue weighted by Gasteiger charge is 2.56. The zero-order valence-corrected chi connectivity index (χ0v) is 11.6. The Balaban J connectivity index is 1.70. The van der Waals surface area contributed by atoms with Gasteiger partial charge in [0.25, 0.3) is 0 Å². The zero-order valence-electron chi connectivity index (χ0n) is 11.6. The summed E-state index contributed by atoms with van der Waals surface area (Å²) in [6.45, 7) is 1.82. The molecule has 0 bridgehead atoms. The summed E-state index contributed by atoms with van der Waals surface area (Å²) in [7, 11) is 0. The van der Waals surface area contributed by atoms with Gasteiger partial charge in [-0.05, 0) is 49.3 Å². The van der Waals surface area contributed by atoms with E-state index in [0.717, 1.165) is 16.8 Å². The van der Waals surface area contributed by atoms with Crippen molar-refractivity contribution in [1.82, 2.24) is 0 Å². The number of aryl methyl sites for hydroxylation is 1. The molecular formula is C17H19NO2. The Hall–Kier alpha value is -1.79. The van der Waals surface area contributed by atoms with E-state index in [-0.39, 0.29) is 18.4 Å². The molecule has 104 valence electrons. The first kappa shape index (κ1) is 13.2. The van der Waals surface area contributed by atoms with Gasteiger partial charge in [-0.1, -0.05) is 24.3 Å². The predicted octanol–water partition coefficient (Wildman–Crippen LogP) is 2.32. The molecule has 0 spiro atoms. The Bertz CT molecular complexity index is 587. The Kier molecular flexibility index (Phi) is 3.50. The van der Waals surface area contributed by atoms with Crippen molar-refractivity contribution >= 4 is 11.6 Å². The van der Waals surface area contributed by atoms with Crippen molar-refractivity contribution in [3.05, 3.63) is 29.3 Å². The molecule has 1 aromatic rings. The second-order valence-corrected chi connectivity index (χ2v) is 5.76. The van der Waals surface area contributed by atoms with E-state index in [9.17, 15) is 4.79 Å². The van der Waals surface area contributed by atoms with Gasteiger partial charge in [0, 0.05) is 17.2 Å². The van der Waals surface area contributed by atoms with Gasteiger partial charge in [-0.3, -0.25) is 4.79 Å². The lowest BCUT2D eigenvalue weighted by Crippen LogP contribution is -2.16. The van der Waals surface area contributed by atoms with Crippen LogP contribution in [-0.4, -0.2) is 17.6 Å². The second kappa shape index (κ2) is 5.30. The van der Waals surface area contributed by atoms with Crippen LogP contribution in [0.15, 0.2) is 18.2 Å². The molecular weight excluding hydrogens is 250 g/mol. The van der Waals surface area contributed by atoms with E-state index < -0.39 is 0 Å². The minimum absolute atomic E-state index is 0.151. The topological polar surface area (TPSA) is 49.3 Å². The highest BCUT2D eigenvalue weighted by atomic mass is 16.2. The summed E-state index contributed by atoms with van der Waals surface area (Å²) in [6, 6.07) is 5.74. The average molecular weight is 269 g/mol. The average Bonchev–Trinajstić information content (AvgIpc) is 2.93. The third kappa shape index (κ3) is 2.44. The van der Waals surface area contributed by atoms with Gasteiger partial charge in [-0.2, -0.15) is 0 Å². The van der Waals surface area contributed by atoms with E-state index in [4.69, 9.17) is 5.11 Å². The lowest BCUT2D eigenvalue weighted by atomic mass is 10.1. The van der Waals surface area contributed by atoms with Gasteiger partial charge in [0.05, 0.1) is 0 Å². The van der Waals surface area contributed by atoms with Gasteiger partial charge in [0.15, 0.2) is 0 Å². The maximum atomic E-state index is 12.2. The molecule has 0 saturated heterocycles. The molecule has 0 aliphatic heterocycles. The molecule has 1 aromatic carbocycles. The van der Waals surface area contributed by atoms with Crippen LogP contribution < -0.4 is 5.32 Å². The Morgan fingerprint density at radius 2 is 2.15 bits per heavy atom. The number of nitrogens with one attached hydrogen (secondary N) is 1. The largest absolute Gasteiger partial charge is 0.384 e. The number of carbonyl (C=O) groups excluding carboxylic acids is 1. The lowest BCUT2D eigenvalue weighted by Gasteiger charge is -2.08. The van der Waals surface area contributed by atoms with Crippen molar-refractivity contribution in [3.63, 3.8) is 0 Å². The van der Waals surface area contributed by atoms with Crippen LogP contribution in [0.3, 0.4) is 0 Å². The van der Waals surface area contributed by atoms with Gasteiger partial charge in [-0.15, -0.1) is 0 Å². The van der Waals surface area contributed by atoms with Gasteiger partial charge >= 0.3 is 0 Å². The summed E-state index contributed by atoms with van der Waals surface area (Å²) in [5.74, 6) is 7.21. The number of aliphatic hydroxyl groups is 1. The van der Waals surface area contributed by atoms with Gasteiger partial charge < -0.3 is 10.4 Å². The van der Waals surface area contributed by atoms with Crippen molar-refractivity contribution in [2.45, 2.75) is 26.2 Å². The smallest absolute Gasteiger partial charge is 0.228 e. The SMILES string of the molecule is Cc1ccc(NC(=O)C2C3CCCC32)cc1C#CCO. The van der Waals surface area contributed by atoms with Crippen LogP contribution in [0.5, 0.6) is 0 Å². The molecule has 2 fully saturated rings. The molecule has 2 saturated carbocycles. The van der Waals surface area contributed by atoms with Crippen LogP contribution in [0.1, 0.15) is 30.4 Å². The number of carbonyl (C=O) groups is 1. The van der Waals surface area contributed by atoms with Crippen LogP contribution in [0.25, 0.3) is 0 Å². The van der Waals surface area contributed by atoms with Gasteiger partial charge in [0.1, 0.15) is 6.61 Å². The summed E-state index contributed by atoms with van der Waals surface area (Å²) in [5, 5.41) is 11.8. The minimum Gasteiger partial charge on any atom is -0.384 e. The van der Waals surface area contributed by atoms with Crippen molar-refractivity contribution in [1.29, 1.82) is 0 Å². The summed E-state index contributed by atoms with van der Waals surface area (Å²) in [6.07, 6.45) is 3.71. The quantitative estimate of drug-likeness (QED) is 0.810. The van der Waals surface area contributed by atoms with Crippen LogP contribution >= 0.6 is 0 Å². The molecule has 1 amide bonds. The molecule has 3 nitrogen and oxygen atoms in total. The maximum absolute atomic E-state index is 12.2. The van der Waals surface area contributed by atoms with E-state index in [1.54, 1.807) is 0 Å². The standard InChI is InChI=1S/C17H19NO2/c1-11-7-8-13(10-12(11)4-3-9-19)18-17(20)16-14-5-2-6-15(14)16/h7-8,10,14-16,19H,2,5-6,9H2,1H3,(H,18,20). The Morgan fingerprint density at radius 1 is 1.40 bits per heavy atom. The van der Waals surface area contributed by atoms with Crippen molar-refractivity contribution in [2.75, 3.05) is 11.9 Å². The molecule has 2 unspecified atom stereocenters. The fourth-order valence-electron chi connectivity index (χ4n) is 3.41. The van der Waals surface area contributed by atoms with Crippen molar-refractivity contribution < 1.29 is 9.90 Å². The summed E-state index contributed by atoms with van der Waals surface area (Å²) in [5.41, 5.74) is 2.70. The van der Waals surface area contributed by atoms with Gasteiger partial charge in [0.2, 0.25) is 5.91 Å². The molecule has 2 aliphatic carbocycles. The molecule has 2 atom stereocenters. The monoisotopic (exact) mass is 269 g/mol. The molecule has 3 rings (SSSR count). The first-order chi connectivity index (χ1) is 9.70. The molecule has 0 heterocycles. The summed E-state index contributed by atoms with van der Waals surface area (Å²) >= 11 is 0. The molecule has 0 aromatic heterocycles. The number of anilines is 1. The number of hydrogen-bond donors (Lipinski definition) is 2. The van der Waals surface area contributed by atoms with Gasteiger partial charge in [-0.25, -0.2) is 0 Å². The van der Waals surface area contributed by atoms with E-state index in [2.05, 4.69) is 17.2 Å². The number of fused-ring (bicyclic) bond motifs is 1. The Labute approximate surface area is 119 Å². The predicted molar refractivity (Wildman–Crippen MR) is 78.1 cm³/mol. The van der Waals surface area contributed by atoms with Crippen LogP contribution in [0.4, 0.5) is 5.69 Å². The number of hydrogen-bond acceptors (Lipinski definition) is 2. The second-order valence-electron chi connectivity index (χ2n) is 5.76. The first-order valence-electron chi connectivity index (χ1n) is 7.22. The molecule has 0 radical (unpaired) electrons. The third-order valence-corrected chi connectivity index (χ3v) is 4.52. The van der Waals surface area contributed by atoms with E-state index in [0.29, 0.717) is 11.8 Å². The van der Waals surface area contributed by atoms with Crippen LogP contribution in [0.2, 0.25) is 0 Å². The van der Waals surface area contributed by atoms with E-state index >= 15 is 0 Å². The maximum Gasteiger partial charge on any atom is 0.228 e. The number of benzene rings is 1. The van der Waals surface area contributed by atoms with E-state index in [1.807, 2.05) is 25.1 Å². The lowest BCUT2D eigenvalue weighted by molar-refractivity contribution is -0.118.